The Hall–Kier alpha value is -3.19. The first-order valence-electron chi connectivity index (χ1n) is 7.23. The molecule has 2 N–H and O–H groups in total. The van der Waals surface area contributed by atoms with Crippen LogP contribution in [0.2, 0.25) is 0 Å². The van der Waals surface area contributed by atoms with Crippen molar-refractivity contribution in [3.63, 3.8) is 0 Å². The number of aromatic carboxylic acids is 1. The summed E-state index contributed by atoms with van der Waals surface area (Å²) in [4.78, 5) is 10.7. The van der Waals surface area contributed by atoms with Gasteiger partial charge in [-0.15, -0.1) is 0 Å². The van der Waals surface area contributed by atoms with Crippen LogP contribution < -0.4 is 0 Å². The fourth-order valence-electron chi connectivity index (χ4n) is 2.37. The minimum atomic E-state index is -4.02. The van der Waals surface area contributed by atoms with Gasteiger partial charge in [-0.1, -0.05) is 30.3 Å². The molecule has 3 rings (SSSR count). The Kier molecular flexibility index (Phi) is 4.24. The molecule has 0 aliphatic carbocycles. The van der Waals surface area contributed by atoms with E-state index in [4.69, 9.17) is 5.11 Å². The Bertz CT molecular complexity index is 1090. The third kappa shape index (κ3) is 3.36. The van der Waals surface area contributed by atoms with Crippen LogP contribution in [0.5, 0.6) is 5.75 Å². The van der Waals surface area contributed by atoms with Crippen LogP contribution in [0.4, 0.5) is 0 Å². The zero-order chi connectivity index (χ0) is 18.0. The lowest BCUT2D eigenvalue weighted by Crippen LogP contribution is -2.01. The normalized spacial score (nSPS) is 11.8. The second kappa shape index (κ2) is 6.37. The van der Waals surface area contributed by atoms with Gasteiger partial charge in [0.2, 0.25) is 0 Å². The van der Waals surface area contributed by atoms with Crippen LogP contribution in [-0.4, -0.2) is 30.8 Å². The Morgan fingerprint density at radius 1 is 0.960 bits per heavy atom. The minimum absolute atomic E-state index is 0.0189. The Labute approximate surface area is 143 Å². The lowest BCUT2D eigenvalue weighted by Gasteiger charge is -2.05. The molecular formula is C18H13NO5S. The van der Waals surface area contributed by atoms with Gasteiger partial charge in [-0.25, -0.2) is 4.79 Å². The second-order valence-electron chi connectivity index (χ2n) is 5.26. The van der Waals surface area contributed by atoms with E-state index in [2.05, 4.69) is 4.40 Å². The molecule has 0 amide bonds. The van der Waals surface area contributed by atoms with Crippen LogP contribution in [0.25, 0.3) is 10.8 Å². The number of carboxylic acids is 1. The zero-order valence-corrected chi connectivity index (χ0v) is 13.6. The molecule has 0 saturated heterocycles. The predicted octanol–water partition coefficient (Wildman–Crippen LogP) is 3.05. The first kappa shape index (κ1) is 16.7. The number of nitrogens with zero attached hydrogens (tertiary/aromatic N) is 1. The maximum absolute atomic E-state index is 12.3. The molecule has 0 spiro atoms. The van der Waals surface area contributed by atoms with E-state index in [9.17, 15) is 18.3 Å². The van der Waals surface area contributed by atoms with E-state index in [1.54, 1.807) is 18.2 Å². The summed E-state index contributed by atoms with van der Waals surface area (Å²) in [7, 11) is -4.02. The molecule has 0 atom stereocenters. The highest BCUT2D eigenvalue weighted by Crippen LogP contribution is 2.26. The Morgan fingerprint density at radius 3 is 2.32 bits per heavy atom. The molecule has 0 unspecified atom stereocenters. The summed E-state index contributed by atoms with van der Waals surface area (Å²) in [6.45, 7) is 0. The second-order valence-corrected chi connectivity index (χ2v) is 6.89. The Morgan fingerprint density at radius 2 is 1.64 bits per heavy atom. The van der Waals surface area contributed by atoms with Crippen LogP contribution >= 0.6 is 0 Å². The molecule has 126 valence electrons. The molecule has 3 aromatic rings. The molecule has 6 nitrogen and oxygen atoms in total. The number of carboxylic acid groups (broad SMARTS) is 1. The van der Waals surface area contributed by atoms with Gasteiger partial charge in [0, 0.05) is 5.56 Å². The number of phenolic OH excluding ortho intramolecular Hbond substituents is 1. The first-order valence-corrected chi connectivity index (χ1v) is 8.67. The third-order valence-electron chi connectivity index (χ3n) is 3.67. The van der Waals surface area contributed by atoms with Crippen molar-refractivity contribution < 1.29 is 23.4 Å². The smallest absolute Gasteiger partial charge is 0.335 e. The number of phenols is 1. The summed E-state index contributed by atoms with van der Waals surface area (Å²) < 4.78 is 28.2. The van der Waals surface area contributed by atoms with Crippen molar-refractivity contribution in [1.29, 1.82) is 0 Å². The molecule has 25 heavy (non-hydrogen) atoms. The van der Waals surface area contributed by atoms with Crippen molar-refractivity contribution in [2.75, 3.05) is 0 Å². The summed E-state index contributed by atoms with van der Waals surface area (Å²) >= 11 is 0. The summed E-state index contributed by atoms with van der Waals surface area (Å²) in [6.07, 6.45) is 1.10. The van der Waals surface area contributed by atoms with Crippen LogP contribution in [0, 0.1) is 0 Å². The van der Waals surface area contributed by atoms with E-state index in [1.165, 1.54) is 30.3 Å². The maximum atomic E-state index is 12.3. The molecule has 0 aliphatic heterocycles. The van der Waals surface area contributed by atoms with Gasteiger partial charge in [0.25, 0.3) is 10.0 Å². The van der Waals surface area contributed by atoms with Crippen LogP contribution in [0.3, 0.4) is 0 Å². The number of carbonyl (C=O) groups is 1. The molecule has 0 aliphatic rings. The largest absolute Gasteiger partial charge is 0.507 e. The number of aromatic hydroxyl groups is 1. The van der Waals surface area contributed by atoms with Gasteiger partial charge in [-0.3, -0.25) is 0 Å². The lowest BCUT2D eigenvalue weighted by molar-refractivity contribution is 0.0696. The van der Waals surface area contributed by atoms with Crippen molar-refractivity contribution in [2.24, 2.45) is 4.40 Å². The van der Waals surface area contributed by atoms with Gasteiger partial charge < -0.3 is 10.2 Å². The summed E-state index contributed by atoms with van der Waals surface area (Å²) in [5.41, 5.74) is 0.276. The third-order valence-corrected chi connectivity index (χ3v) is 4.92. The summed E-state index contributed by atoms with van der Waals surface area (Å²) in [5.74, 6) is -1.23. The monoisotopic (exact) mass is 355 g/mol. The molecule has 0 radical (unpaired) electrons. The summed E-state index contributed by atoms with van der Waals surface area (Å²) in [5, 5.41) is 20.4. The topological polar surface area (TPSA) is 104 Å². The number of fused-ring (bicyclic) bond motifs is 1. The maximum Gasteiger partial charge on any atom is 0.335 e. The van der Waals surface area contributed by atoms with E-state index in [1.807, 2.05) is 12.1 Å². The fourth-order valence-corrected chi connectivity index (χ4v) is 3.22. The predicted molar refractivity (Wildman–Crippen MR) is 93.8 cm³/mol. The van der Waals surface area contributed by atoms with E-state index < -0.39 is 16.0 Å². The van der Waals surface area contributed by atoms with Gasteiger partial charge in [-0.05, 0) is 41.1 Å². The van der Waals surface area contributed by atoms with Crippen LogP contribution in [0.15, 0.2) is 70.0 Å². The standard InChI is InChI=1S/C18H13NO5S/c20-17-10-7-12-3-1-2-4-15(12)16(17)11-19-25(23,24)14-8-5-13(6-9-14)18(21)22/h1-11,20H,(H,21,22)/b19-11+. The van der Waals surface area contributed by atoms with Gasteiger partial charge in [0.1, 0.15) is 5.75 Å². The van der Waals surface area contributed by atoms with Gasteiger partial charge in [0.05, 0.1) is 16.7 Å². The lowest BCUT2D eigenvalue weighted by atomic mass is 10.0. The molecule has 3 aromatic carbocycles. The minimum Gasteiger partial charge on any atom is -0.507 e. The number of benzene rings is 3. The fraction of sp³-hybridized carbons (Fsp3) is 0. The van der Waals surface area contributed by atoms with Gasteiger partial charge in [-0.2, -0.15) is 12.8 Å². The molecule has 0 fully saturated rings. The first-order chi connectivity index (χ1) is 11.9. The van der Waals surface area contributed by atoms with Crippen LogP contribution in [-0.2, 0) is 10.0 Å². The molecule has 0 heterocycles. The SMILES string of the molecule is O=C(O)c1ccc(S(=O)(=O)/N=C/c2c(O)ccc3ccccc23)cc1. The summed E-state index contributed by atoms with van der Waals surface area (Å²) in [6, 6.07) is 15.1. The van der Waals surface area contributed by atoms with E-state index in [0.717, 1.165) is 11.6 Å². The number of hydrogen-bond acceptors (Lipinski definition) is 4. The molecular weight excluding hydrogens is 342 g/mol. The van der Waals surface area contributed by atoms with Crippen molar-refractivity contribution in [3.05, 3.63) is 71.8 Å². The molecule has 0 aromatic heterocycles. The molecule has 7 heteroatoms. The zero-order valence-electron chi connectivity index (χ0n) is 12.8. The van der Waals surface area contributed by atoms with Crippen molar-refractivity contribution in [2.45, 2.75) is 4.90 Å². The van der Waals surface area contributed by atoms with E-state index in [0.29, 0.717) is 10.9 Å². The van der Waals surface area contributed by atoms with Crippen molar-refractivity contribution in [1.82, 2.24) is 0 Å². The average molecular weight is 355 g/mol. The van der Waals surface area contributed by atoms with Crippen molar-refractivity contribution >= 4 is 33.0 Å². The average Bonchev–Trinajstić information content (AvgIpc) is 2.61. The quantitative estimate of drug-likeness (QED) is 0.700. The van der Waals surface area contributed by atoms with Crippen molar-refractivity contribution in [3.8, 4) is 5.75 Å². The van der Waals surface area contributed by atoms with Gasteiger partial charge in [0.15, 0.2) is 0 Å². The highest BCUT2D eigenvalue weighted by molar-refractivity contribution is 7.90. The van der Waals surface area contributed by atoms with E-state index in [-0.39, 0.29) is 16.2 Å². The number of rotatable bonds is 4. The number of sulfonamides is 1. The highest BCUT2D eigenvalue weighted by Gasteiger charge is 2.14. The molecule has 0 saturated carbocycles. The highest BCUT2D eigenvalue weighted by atomic mass is 32.2. The van der Waals surface area contributed by atoms with Crippen LogP contribution in [0.1, 0.15) is 15.9 Å². The number of hydrogen-bond donors (Lipinski definition) is 2. The van der Waals surface area contributed by atoms with E-state index >= 15 is 0 Å². The Balaban J connectivity index is 2.01. The molecule has 0 bridgehead atoms. The van der Waals surface area contributed by atoms with Gasteiger partial charge >= 0.3 is 5.97 Å².